The summed E-state index contributed by atoms with van der Waals surface area (Å²) in [5.41, 5.74) is 0.298. The lowest BCUT2D eigenvalue weighted by molar-refractivity contribution is 0.0795. The van der Waals surface area contributed by atoms with Crippen molar-refractivity contribution < 1.29 is 0 Å². The lowest BCUT2D eigenvalue weighted by Crippen LogP contribution is -2.58. The van der Waals surface area contributed by atoms with Crippen molar-refractivity contribution in [2.24, 2.45) is 0 Å². The molecule has 0 aliphatic carbocycles. The lowest BCUT2D eigenvalue weighted by Gasteiger charge is -2.44. The number of likely N-dealkylation sites (tertiary alicyclic amines) is 1. The Bertz CT molecular complexity index is 230. The first-order valence-corrected chi connectivity index (χ1v) is 9.11. The summed E-state index contributed by atoms with van der Waals surface area (Å²) in [5.74, 6) is 0. The number of nitrogens with one attached hydrogen (secondary N) is 1. The lowest BCUT2D eigenvalue weighted by atomic mass is 9.87. The van der Waals surface area contributed by atoms with E-state index < -0.39 is 0 Å². The molecule has 20 heavy (non-hydrogen) atoms. The van der Waals surface area contributed by atoms with Crippen LogP contribution in [0.25, 0.3) is 0 Å². The number of nitrogens with zero attached hydrogens (tertiary/aromatic N) is 1. The van der Waals surface area contributed by atoms with E-state index in [1.165, 1.54) is 70.9 Å². The summed E-state index contributed by atoms with van der Waals surface area (Å²) in [7, 11) is 0. The third kappa shape index (κ3) is 5.73. The van der Waals surface area contributed by atoms with Crippen LogP contribution >= 0.6 is 0 Å². The minimum atomic E-state index is 0.298. The van der Waals surface area contributed by atoms with Crippen molar-refractivity contribution in [2.75, 3.05) is 19.6 Å². The second kappa shape index (κ2) is 9.78. The van der Waals surface area contributed by atoms with Gasteiger partial charge in [0.15, 0.2) is 0 Å². The van der Waals surface area contributed by atoms with Crippen LogP contribution < -0.4 is 5.32 Å². The molecule has 0 aromatic carbocycles. The first-order valence-electron chi connectivity index (χ1n) is 9.11. The van der Waals surface area contributed by atoms with Gasteiger partial charge in [0.2, 0.25) is 0 Å². The molecule has 1 N–H and O–H groups in total. The summed E-state index contributed by atoms with van der Waals surface area (Å²) in [6.07, 6.45) is 12.5. The Morgan fingerprint density at radius 3 is 2.15 bits per heavy atom. The molecular formula is C18H38N2. The summed E-state index contributed by atoms with van der Waals surface area (Å²) >= 11 is 0. The molecule has 1 unspecified atom stereocenters. The maximum Gasteiger partial charge on any atom is 0.0306 e. The molecule has 1 fully saturated rings. The van der Waals surface area contributed by atoms with Gasteiger partial charge in [0.05, 0.1) is 0 Å². The fourth-order valence-electron chi connectivity index (χ4n) is 3.59. The van der Waals surface area contributed by atoms with Gasteiger partial charge in [0.1, 0.15) is 0 Å². The molecule has 0 spiro atoms. The Morgan fingerprint density at radius 2 is 1.60 bits per heavy atom. The highest BCUT2D eigenvalue weighted by atomic mass is 15.2. The molecule has 0 aromatic rings. The molecule has 0 radical (unpaired) electrons. The van der Waals surface area contributed by atoms with Crippen LogP contribution in [0.1, 0.15) is 85.5 Å². The highest BCUT2D eigenvalue weighted by molar-refractivity contribution is 4.94. The van der Waals surface area contributed by atoms with Crippen LogP contribution in [0.4, 0.5) is 0 Å². The minimum absolute atomic E-state index is 0.298. The molecular weight excluding hydrogens is 244 g/mol. The second-order valence-corrected chi connectivity index (χ2v) is 7.01. The molecule has 0 saturated carbocycles. The van der Waals surface area contributed by atoms with Crippen LogP contribution in [0, 0.1) is 0 Å². The van der Waals surface area contributed by atoms with Crippen LogP contribution in [-0.2, 0) is 0 Å². The number of hydrogen-bond donors (Lipinski definition) is 1. The van der Waals surface area contributed by atoms with Gasteiger partial charge in [-0.2, -0.15) is 0 Å². The van der Waals surface area contributed by atoms with Crippen LogP contribution in [0.5, 0.6) is 0 Å². The molecule has 1 heterocycles. The summed E-state index contributed by atoms with van der Waals surface area (Å²) in [6, 6.07) is 0.641. The van der Waals surface area contributed by atoms with Gasteiger partial charge >= 0.3 is 0 Å². The van der Waals surface area contributed by atoms with Gasteiger partial charge in [-0.1, -0.05) is 52.4 Å². The van der Waals surface area contributed by atoms with Gasteiger partial charge in [-0.15, -0.1) is 0 Å². The second-order valence-electron chi connectivity index (χ2n) is 7.01. The fourth-order valence-corrected chi connectivity index (χ4v) is 3.59. The van der Waals surface area contributed by atoms with E-state index in [-0.39, 0.29) is 0 Å². The number of likely N-dealkylation sites (N-methyl/N-ethyl adjacent to an activating group) is 1. The normalized spacial score (nSPS) is 19.8. The van der Waals surface area contributed by atoms with E-state index in [9.17, 15) is 0 Å². The molecule has 0 amide bonds. The van der Waals surface area contributed by atoms with E-state index in [1.54, 1.807) is 0 Å². The van der Waals surface area contributed by atoms with Crippen LogP contribution in [0.15, 0.2) is 0 Å². The average molecular weight is 283 g/mol. The molecule has 1 saturated heterocycles. The van der Waals surface area contributed by atoms with E-state index in [0.717, 1.165) is 6.54 Å². The standard InChI is InChI=1S/C18H38N2/c1-5-7-8-11-14-17(19-6-2)18(3,4)20-15-12-9-10-13-16-20/h17,19H,5-16H2,1-4H3. The quantitative estimate of drug-likeness (QED) is 0.622. The van der Waals surface area contributed by atoms with Crippen molar-refractivity contribution in [2.45, 2.75) is 97.1 Å². The van der Waals surface area contributed by atoms with Crippen molar-refractivity contribution in [1.82, 2.24) is 10.2 Å². The van der Waals surface area contributed by atoms with Gasteiger partial charge in [-0.3, -0.25) is 4.90 Å². The van der Waals surface area contributed by atoms with E-state index in [0.29, 0.717) is 11.6 Å². The maximum atomic E-state index is 3.78. The van der Waals surface area contributed by atoms with Gasteiger partial charge in [-0.05, 0) is 52.7 Å². The Labute approximate surface area is 127 Å². The van der Waals surface area contributed by atoms with E-state index in [2.05, 4.69) is 37.9 Å². The van der Waals surface area contributed by atoms with Crippen molar-refractivity contribution in [3.63, 3.8) is 0 Å². The summed E-state index contributed by atoms with van der Waals surface area (Å²) < 4.78 is 0. The largest absolute Gasteiger partial charge is 0.312 e. The third-order valence-corrected chi connectivity index (χ3v) is 5.07. The highest BCUT2D eigenvalue weighted by Crippen LogP contribution is 2.26. The zero-order valence-corrected chi connectivity index (χ0v) is 14.5. The Hall–Kier alpha value is -0.0800. The fraction of sp³-hybridized carbons (Fsp3) is 1.00. The van der Waals surface area contributed by atoms with Crippen molar-refractivity contribution in [1.29, 1.82) is 0 Å². The average Bonchev–Trinajstić information content (AvgIpc) is 2.71. The van der Waals surface area contributed by atoms with Gasteiger partial charge in [-0.25, -0.2) is 0 Å². The predicted octanol–water partition coefficient (Wildman–Crippen LogP) is 4.59. The first-order chi connectivity index (χ1) is 9.62. The summed E-state index contributed by atoms with van der Waals surface area (Å²) in [4.78, 5) is 2.76. The smallest absolute Gasteiger partial charge is 0.0306 e. The van der Waals surface area contributed by atoms with E-state index in [1.807, 2.05) is 0 Å². The van der Waals surface area contributed by atoms with Crippen LogP contribution in [0.2, 0.25) is 0 Å². The van der Waals surface area contributed by atoms with Crippen LogP contribution in [-0.4, -0.2) is 36.1 Å². The van der Waals surface area contributed by atoms with E-state index >= 15 is 0 Å². The summed E-state index contributed by atoms with van der Waals surface area (Å²) in [5, 5.41) is 3.78. The van der Waals surface area contributed by atoms with Crippen LogP contribution in [0.3, 0.4) is 0 Å². The molecule has 1 aliphatic rings. The maximum absolute atomic E-state index is 3.78. The Kier molecular flexibility index (Phi) is 8.79. The molecule has 1 aliphatic heterocycles. The third-order valence-electron chi connectivity index (χ3n) is 5.07. The molecule has 0 bridgehead atoms. The number of unbranched alkanes of at least 4 members (excludes halogenated alkanes) is 3. The summed E-state index contributed by atoms with van der Waals surface area (Å²) in [6.45, 7) is 13.2. The molecule has 120 valence electrons. The molecule has 1 atom stereocenters. The Balaban J connectivity index is 2.55. The monoisotopic (exact) mass is 282 g/mol. The minimum Gasteiger partial charge on any atom is -0.312 e. The number of rotatable bonds is 9. The zero-order valence-electron chi connectivity index (χ0n) is 14.5. The SMILES string of the molecule is CCCCCCC(NCC)C(C)(C)N1CCCCCC1. The highest BCUT2D eigenvalue weighted by Gasteiger charge is 2.34. The topological polar surface area (TPSA) is 15.3 Å². The Morgan fingerprint density at radius 1 is 0.950 bits per heavy atom. The predicted molar refractivity (Wildman–Crippen MR) is 90.3 cm³/mol. The van der Waals surface area contributed by atoms with Crippen molar-refractivity contribution in [3.05, 3.63) is 0 Å². The van der Waals surface area contributed by atoms with Gasteiger partial charge < -0.3 is 5.32 Å². The first kappa shape index (κ1) is 18.0. The zero-order chi connectivity index (χ0) is 14.8. The van der Waals surface area contributed by atoms with Gasteiger partial charge in [0.25, 0.3) is 0 Å². The molecule has 2 nitrogen and oxygen atoms in total. The van der Waals surface area contributed by atoms with Gasteiger partial charge in [0, 0.05) is 11.6 Å². The van der Waals surface area contributed by atoms with Crippen molar-refractivity contribution in [3.8, 4) is 0 Å². The molecule has 2 heteroatoms. The number of hydrogen-bond acceptors (Lipinski definition) is 2. The molecule has 1 rings (SSSR count). The van der Waals surface area contributed by atoms with E-state index in [4.69, 9.17) is 0 Å². The molecule has 0 aromatic heterocycles. The van der Waals surface area contributed by atoms with Crippen molar-refractivity contribution >= 4 is 0 Å².